The molecule has 186 valence electrons. The van der Waals surface area contributed by atoms with Gasteiger partial charge in [0, 0.05) is 52.2 Å². The number of aromatic amines is 2. The minimum atomic E-state index is -0.188. The molecular weight excluding hydrogens is 462 g/mol. The molecule has 8 heteroatoms. The van der Waals surface area contributed by atoms with Crippen molar-refractivity contribution in [3.05, 3.63) is 84.7 Å². The largest absolute Gasteiger partial charge is 0.382 e. The van der Waals surface area contributed by atoms with Gasteiger partial charge in [-0.3, -0.25) is 14.9 Å². The molecule has 0 radical (unpaired) electrons. The van der Waals surface area contributed by atoms with Crippen LogP contribution in [0, 0.1) is 0 Å². The molecule has 0 saturated carbocycles. The van der Waals surface area contributed by atoms with Gasteiger partial charge in [-0.25, -0.2) is 0 Å². The first-order valence-corrected chi connectivity index (χ1v) is 12.6. The highest BCUT2D eigenvalue weighted by atomic mass is 16.1. The second kappa shape index (κ2) is 9.91. The fraction of sp³-hybridized carbons (Fsp3) is 0.207. The van der Waals surface area contributed by atoms with Crippen LogP contribution in [-0.2, 0) is 0 Å². The fourth-order valence-electron chi connectivity index (χ4n) is 4.97. The molecule has 3 aromatic heterocycles. The molecule has 0 atom stereocenters. The Hall–Kier alpha value is -4.43. The van der Waals surface area contributed by atoms with Crippen molar-refractivity contribution in [1.82, 2.24) is 25.1 Å². The van der Waals surface area contributed by atoms with Crippen molar-refractivity contribution in [3.8, 4) is 22.5 Å². The highest BCUT2D eigenvalue weighted by Crippen LogP contribution is 2.37. The number of para-hydroxylation sites is 1. The molecule has 8 nitrogen and oxygen atoms in total. The van der Waals surface area contributed by atoms with Gasteiger partial charge in [0.05, 0.1) is 5.69 Å². The van der Waals surface area contributed by atoms with Crippen LogP contribution in [0.25, 0.3) is 33.4 Å². The fourth-order valence-corrected chi connectivity index (χ4v) is 4.97. The molecule has 2 aromatic carbocycles. The standard InChI is InChI=1S/C29H29N7O/c1-36-16-12-22(13-17-36)31-21-8-6-20(7-9-21)29(37)33-26-18-25(34-35-26)28-27(19-10-14-30-15-11-19)23-4-2-3-5-24(23)32-28/h2-11,14-15,18,22,31-32H,12-13,16-17H2,1H3,(H2,33,34,35,37). The Morgan fingerprint density at radius 3 is 2.54 bits per heavy atom. The average Bonchev–Trinajstić information content (AvgIpc) is 3.55. The SMILES string of the molecule is CN1CCC(Nc2ccc(C(=O)Nc3cc(-c4[nH]c5ccccc5c4-c4ccncc4)n[nH]3)cc2)CC1. The Labute approximate surface area is 215 Å². The number of fused-ring (bicyclic) bond motifs is 1. The zero-order valence-electron chi connectivity index (χ0n) is 20.7. The van der Waals surface area contributed by atoms with Gasteiger partial charge < -0.3 is 20.5 Å². The van der Waals surface area contributed by atoms with Crippen molar-refractivity contribution >= 4 is 28.3 Å². The van der Waals surface area contributed by atoms with Gasteiger partial charge in [0.15, 0.2) is 0 Å². The van der Waals surface area contributed by atoms with Crippen LogP contribution in [0.3, 0.4) is 0 Å². The summed E-state index contributed by atoms with van der Waals surface area (Å²) in [6, 6.07) is 22.1. The van der Waals surface area contributed by atoms with Gasteiger partial charge in [0.25, 0.3) is 5.91 Å². The van der Waals surface area contributed by atoms with E-state index in [-0.39, 0.29) is 5.91 Å². The summed E-state index contributed by atoms with van der Waals surface area (Å²) in [5, 5.41) is 15.1. The summed E-state index contributed by atoms with van der Waals surface area (Å²) in [7, 11) is 2.16. The summed E-state index contributed by atoms with van der Waals surface area (Å²) in [6.45, 7) is 2.21. The van der Waals surface area contributed by atoms with E-state index in [0.717, 1.165) is 65.0 Å². The van der Waals surface area contributed by atoms with Crippen LogP contribution in [-0.4, -0.2) is 57.2 Å². The number of nitrogens with zero attached hydrogens (tertiary/aromatic N) is 3. The molecule has 37 heavy (non-hydrogen) atoms. The quantitative estimate of drug-likeness (QED) is 0.256. The zero-order chi connectivity index (χ0) is 25.2. The number of amides is 1. The number of rotatable bonds is 6. The van der Waals surface area contributed by atoms with Gasteiger partial charge in [-0.05, 0) is 81.0 Å². The topological polar surface area (TPSA) is 102 Å². The van der Waals surface area contributed by atoms with Gasteiger partial charge >= 0.3 is 0 Å². The van der Waals surface area contributed by atoms with Crippen molar-refractivity contribution in [2.45, 2.75) is 18.9 Å². The van der Waals surface area contributed by atoms with Gasteiger partial charge in [0.2, 0.25) is 0 Å². The molecule has 1 saturated heterocycles. The van der Waals surface area contributed by atoms with Crippen molar-refractivity contribution < 1.29 is 4.79 Å². The Morgan fingerprint density at radius 1 is 1.00 bits per heavy atom. The first-order valence-electron chi connectivity index (χ1n) is 12.6. The number of hydrogen-bond acceptors (Lipinski definition) is 5. The first-order chi connectivity index (χ1) is 18.1. The second-order valence-corrected chi connectivity index (χ2v) is 9.58. The molecular formula is C29H29N7O. The highest BCUT2D eigenvalue weighted by molar-refractivity contribution is 6.05. The maximum Gasteiger partial charge on any atom is 0.256 e. The summed E-state index contributed by atoms with van der Waals surface area (Å²) in [5.74, 6) is 0.347. The molecule has 0 unspecified atom stereocenters. The number of hydrogen-bond donors (Lipinski definition) is 4. The molecule has 1 aliphatic heterocycles. The number of H-pyrrole nitrogens is 2. The van der Waals surface area contributed by atoms with Crippen LogP contribution >= 0.6 is 0 Å². The zero-order valence-corrected chi connectivity index (χ0v) is 20.7. The molecule has 1 fully saturated rings. The van der Waals surface area contributed by atoms with Crippen LogP contribution in [0.2, 0.25) is 0 Å². The maximum atomic E-state index is 12.9. The highest BCUT2D eigenvalue weighted by Gasteiger charge is 2.19. The number of anilines is 2. The van der Waals surface area contributed by atoms with E-state index in [4.69, 9.17) is 0 Å². The number of nitrogens with one attached hydrogen (secondary N) is 4. The van der Waals surface area contributed by atoms with Crippen LogP contribution in [0.5, 0.6) is 0 Å². The van der Waals surface area contributed by atoms with E-state index in [1.807, 2.05) is 60.7 Å². The normalized spacial score (nSPS) is 14.6. The minimum absolute atomic E-state index is 0.188. The van der Waals surface area contributed by atoms with Gasteiger partial charge in [-0.15, -0.1) is 0 Å². The summed E-state index contributed by atoms with van der Waals surface area (Å²) in [6.07, 6.45) is 5.82. The van der Waals surface area contributed by atoms with E-state index in [9.17, 15) is 4.79 Å². The predicted octanol–water partition coefficient (Wildman–Crippen LogP) is 5.38. The summed E-state index contributed by atoms with van der Waals surface area (Å²) in [5.41, 5.74) is 6.35. The lowest BCUT2D eigenvalue weighted by Gasteiger charge is -2.30. The van der Waals surface area contributed by atoms with E-state index < -0.39 is 0 Å². The monoisotopic (exact) mass is 491 g/mol. The van der Waals surface area contributed by atoms with Crippen LogP contribution in [0.4, 0.5) is 11.5 Å². The Kier molecular flexibility index (Phi) is 6.16. The Bertz CT molecular complexity index is 1510. The first kappa shape index (κ1) is 23.0. The van der Waals surface area contributed by atoms with E-state index in [0.29, 0.717) is 17.4 Å². The number of likely N-dealkylation sites (tertiary alicyclic amines) is 1. The summed E-state index contributed by atoms with van der Waals surface area (Å²) in [4.78, 5) is 22.9. The van der Waals surface area contributed by atoms with Crippen molar-refractivity contribution in [1.29, 1.82) is 0 Å². The Morgan fingerprint density at radius 2 is 1.76 bits per heavy atom. The third-order valence-electron chi connectivity index (χ3n) is 6.99. The van der Waals surface area contributed by atoms with Crippen LogP contribution in [0.1, 0.15) is 23.2 Å². The lowest BCUT2D eigenvalue weighted by Crippen LogP contribution is -2.36. The van der Waals surface area contributed by atoms with E-state index in [1.165, 1.54) is 0 Å². The van der Waals surface area contributed by atoms with Crippen molar-refractivity contribution in [3.63, 3.8) is 0 Å². The number of aromatic nitrogens is 4. The van der Waals surface area contributed by atoms with E-state index >= 15 is 0 Å². The van der Waals surface area contributed by atoms with E-state index in [2.05, 4.69) is 48.8 Å². The predicted molar refractivity (Wildman–Crippen MR) is 148 cm³/mol. The summed E-state index contributed by atoms with van der Waals surface area (Å²) >= 11 is 0. The number of carbonyl (C=O) groups excluding carboxylic acids is 1. The van der Waals surface area contributed by atoms with Crippen LogP contribution < -0.4 is 10.6 Å². The molecule has 0 bridgehead atoms. The van der Waals surface area contributed by atoms with Gasteiger partial charge in [-0.2, -0.15) is 5.10 Å². The number of benzene rings is 2. The molecule has 0 spiro atoms. The molecule has 6 rings (SSSR count). The van der Waals surface area contributed by atoms with Gasteiger partial charge in [-0.1, -0.05) is 18.2 Å². The molecule has 1 aliphatic rings. The third-order valence-corrected chi connectivity index (χ3v) is 6.99. The summed E-state index contributed by atoms with van der Waals surface area (Å²) < 4.78 is 0. The molecule has 1 amide bonds. The average molecular weight is 492 g/mol. The lowest BCUT2D eigenvalue weighted by molar-refractivity contribution is 0.102. The third kappa shape index (κ3) is 4.83. The molecule has 4 N–H and O–H groups in total. The number of pyridine rings is 1. The van der Waals surface area contributed by atoms with Gasteiger partial charge in [0.1, 0.15) is 11.5 Å². The van der Waals surface area contributed by atoms with E-state index in [1.54, 1.807) is 12.4 Å². The van der Waals surface area contributed by atoms with Crippen molar-refractivity contribution in [2.75, 3.05) is 30.8 Å². The number of piperidine rings is 1. The Balaban J connectivity index is 1.19. The smallest absolute Gasteiger partial charge is 0.256 e. The minimum Gasteiger partial charge on any atom is -0.382 e. The molecule has 5 aromatic rings. The van der Waals surface area contributed by atoms with Crippen molar-refractivity contribution in [2.24, 2.45) is 0 Å². The second-order valence-electron chi connectivity index (χ2n) is 9.58. The number of carbonyl (C=O) groups is 1. The maximum absolute atomic E-state index is 12.9. The lowest BCUT2D eigenvalue weighted by atomic mass is 10.0. The molecule has 0 aliphatic carbocycles. The molecule has 4 heterocycles. The van der Waals surface area contributed by atoms with Crippen LogP contribution in [0.15, 0.2) is 79.1 Å².